The van der Waals surface area contributed by atoms with Crippen LogP contribution in [0.4, 0.5) is 0 Å². The van der Waals surface area contributed by atoms with Crippen molar-refractivity contribution in [1.82, 2.24) is 0 Å². The van der Waals surface area contributed by atoms with Gasteiger partial charge in [0.1, 0.15) is 0 Å². The van der Waals surface area contributed by atoms with Crippen molar-refractivity contribution in [3.8, 4) is 0 Å². The summed E-state index contributed by atoms with van der Waals surface area (Å²) in [5.41, 5.74) is 0. The fraction of sp³-hybridized carbons (Fsp3) is 1.00. The molecule has 0 bridgehead atoms. The van der Waals surface area contributed by atoms with E-state index in [-0.39, 0.29) is 0 Å². The van der Waals surface area contributed by atoms with Gasteiger partial charge in [-0.1, -0.05) is 32.5 Å². The molecular weight excluding hydrogens is 128 g/mol. The maximum Gasteiger partial charge on any atom is 0.0801 e. The van der Waals surface area contributed by atoms with Gasteiger partial charge in [0, 0.05) is 13.3 Å². The first-order chi connectivity index (χ1) is 4.18. The van der Waals surface area contributed by atoms with Crippen LogP contribution in [0.15, 0.2) is 0 Å². The summed E-state index contributed by atoms with van der Waals surface area (Å²) in [5, 5.41) is 0. The molecule has 0 unspecified atom stereocenters. The molecule has 0 heterocycles. The normalized spacial score (nSPS) is 12.0. The third kappa shape index (κ3) is 3.01. The number of hydrogen-bond donors (Lipinski definition) is 0. The van der Waals surface area contributed by atoms with Crippen LogP contribution in [0.3, 0.4) is 0 Å². The lowest BCUT2D eigenvalue weighted by atomic mass is 10.9. The molecule has 0 aromatic heterocycles. The Labute approximate surface area is 59.4 Å². The minimum Gasteiger partial charge on any atom is -0.388 e. The van der Waals surface area contributed by atoms with E-state index in [1.165, 1.54) is 12.1 Å². The zero-order valence-corrected chi connectivity index (χ0v) is 8.03. The Hall–Kier alpha value is 0.177. The second-order valence-electron chi connectivity index (χ2n) is 2.95. The first kappa shape index (κ1) is 9.18. The van der Waals surface area contributed by atoms with Crippen molar-refractivity contribution >= 4 is 8.07 Å². The van der Waals surface area contributed by atoms with Crippen molar-refractivity contribution in [3.05, 3.63) is 0 Å². The highest BCUT2D eigenvalue weighted by molar-refractivity contribution is 6.78. The zero-order chi connectivity index (χ0) is 7.33. The largest absolute Gasteiger partial charge is 0.388 e. The molecule has 0 fully saturated rings. The van der Waals surface area contributed by atoms with Gasteiger partial charge in [-0.2, -0.15) is 0 Å². The quantitative estimate of drug-likeness (QED) is 0.553. The van der Waals surface area contributed by atoms with Crippen LogP contribution >= 0.6 is 0 Å². The molecule has 0 aliphatic heterocycles. The predicted octanol–water partition coefficient (Wildman–Crippen LogP) is 2.29. The SMILES string of the molecule is CC[Si](C)(CC)COC. The van der Waals surface area contributed by atoms with Crippen molar-refractivity contribution < 1.29 is 4.74 Å². The molecule has 2 heteroatoms. The van der Waals surface area contributed by atoms with Crippen LogP contribution in [0.5, 0.6) is 0 Å². The lowest BCUT2D eigenvalue weighted by Crippen LogP contribution is -2.34. The average molecular weight is 146 g/mol. The summed E-state index contributed by atoms with van der Waals surface area (Å²) in [7, 11) is 0.883. The maximum atomic E-state index is 5.15. The molecular formula is C7H18OSi. The van der Waals surface area contributed by atoms with Crippen LogP contribution in [-0.4, -0.2) is 21.4 Å². The van der Waals surface area contributed by atoms with Gasteiger partial charge in [-0.05, 0) is 0 Å². The smallest absolute Gasteiger partial charge is 0.0801 e. The molecule has 0 atom stereocenters. The van der Waals surface area contributed by atoms with Crippen molar-refractivity contribution in [2.45, 2.75) is 32.5 Å². The van der Waals surface area contributed by atoms with Crippen molar-refractivity contribution in [1.29, 1.82) is 0 Å². The van der Waals surface area contributed by atoms with Gasteiger partial charge in [0.2, 0.25) is 0 Å². The summed E-state index contributed by atoms with van der Waals surface area (Å²) in [6.07, 6.45) is 1.03. The minimum atomic E-state index is -0.920. The standard InChI is InChI=1S/C7H18OSi/c1-5-9(4,6-2)7-8-3/h5-7H2,1-4H3. The minimum absolute atomic E-state index is 0.920. The molecule has 9 heavy (non-hydrogen) atoms. The first-order valence-corrected chi connectivity index (χ1v) is 6.79. The Morgan fingerprint density at radius 1 is 1.22 bits per heavy atom. The average Bonchev–Trinajstić information content (AvgIpc) is 1.89. The highest BCUT2D eigenvalue weighted by Gasteiger charge is 2.21. The number of rotatable bonds is 4. The second kappa shape index (κ2) is 4.07. The molecule has 0 radical (unpaired) electrons. The predicted molar refractivity (Wildman–Crippen MR) is 44.5 cm³/mol. The van der Waals surface area contributed by atoms with E-state index in [1.807, 2.05) is 0 Å². The molecule has 0 aromatic carbocycles. The fourth-order valence-corrected chi connectivity index (χ4v) is 2.41. The monoisotopic (exact) mass is 146 g/mol. The summed E-state index contributed by atoms with van der Waals surface area (Å²) in [6.45, 7) is 6.94. The first-order valence-electron chi connectivity index (χ1n) is 3.67. The van der Waals surface area contributed by atoms with E-state index in [0.29, 0.717) is 0 Å². The summed E-state index contributed by atoms with van der Waals surface area (Å²) in [5.74, 6) is 0. The molecule has 0 N–H and O–H groups in total. The summed E-state index contributed by atoms with van der Waals surface area (Å²) < 4.78 is 5.15. The lowest BCUT2D eigenvalue weighted by molar-refractivity contribution is 0.245. The highest BCUT2D eigenvalue weighted by atomic mass is 28.3. The van der Waals surface area contributed by atoms with Gasteiger partial charge >= 0.3 is 0 Å². The maximum absolute atomic E-state index is 5.15. The number of ether oxygens (including phenoxy) is 1. The van der Waals surface area contributed by atoms with Crippen LogP contribution in [0.1, 0.15) is 13.8 Å². The number of methoxy groups -OCH3 is 1. The lowest BCUT2D eigenvalue weighted by Gasteiger charge is -2.22. The summed E-state index contributed by atoms with van der Waals surface area (Å²) in [4.78, 5) is 0. The van der Waals surface area contributed by atoms with E-state index in [9.17, 15) is 0 Å². The van der Waals surface area contributed by atoms with E-state index < -0.39 is 8.07 Å². The summed E-state index contributed by atoms with van der Waals surface area (Å²) in [6, 6.07) is 2.69. The topological polar surface area (TPSA) is 9.23 Å². The molecule has 0 aromatic rings. The van der Waals surface area contributed by atoms with E-state index >= 15 is 0 Å². The van der Waals surface area contributed by atoms with Crippen molar-refractivity contribution in [2.24, 2.45) is 0 Å². The van der Waals surface area contributed by atoms with Crippen LogP contribution < -0.4 is 0 Å². The molecule has 0 aliphatic carbocycles. The molecule has 0 amide bonds. The van der Waals surface area contributed by atoms with E-state index in [2.05, 4.69) is 20.4 Å². The van der Waals surface area contributed by atoms with Crippen LogP contribution in [0.25, 0.3) is 0 Å². The van der Waals surface area contributed by atoms with Crippen LogP contribution in [-0.2, 0) is 4.74 Å². The summed E-state index contributed by atoms with van der Waals surface area (Å²) >= 11 is 0. The third-order valence-electron chi connectivity index (χ3n) is 2.20. The van der Waals surface area contributed by atoms with Crippen LogP contribution in [0.2, 0.25) is 18.6 Å². The van der Waals surface area contributed by atoms with Crippen molar-refractivity contribution in [3.63, 3.8) is 0 Å². The van der Waals surface area contributed by atoms with Crippen LogP contribution in [0, 0.1) is 0 Å². The van der Waals surface area contributed by atoms with Gasteiger partial charge in [-0.25, -0.2) is 0 Å². The Balaban J connectivity index is 3.62. The van der Waals surface area contributed by atoms with Gasteiger partial charge in [0.15, 0.2) is 0 Å². The molecule has 1 nitrogen and oxygen atoms in total. The highest BCUT2D eigenvalue weighted by Crippen LogP contribution is 2.13. The molecule has 0 rings (SSSR count). The van der Waals surface area contributed by atoms with E-state index in [4.69, 9.17) is 4.74 Å². The number of hydrogen-bond acceptors (Lipinski definition) is 1. The Morgan fingerprint density at radius 3 is 1.78 bits per heavy atom. The van der Waals surface area contributed by atoms with Gasteiger partial charge in [0.25, 0.3) is 0 Å². The van der Waals surface area contributed by atoms with Gasteiger partial charge in [-0.15, -0.1) is 0 Å². The van der Waals surface area contributed by atoms with Gasteiger partial charge in [-0.3, -0.25) is 0 Å². The molecule has 56 valence electrons. The Bertz CT molecular complexity index is 69.3. The Kier molecular flexibility index (Phi) is 4.15. The van der Waals surface area contributed by atoms with Gasteiger partial charge < -0.3 is 4.74 Å². The molecule has 0 aliphatic rings. The molecule has 0 saturated carbocycles. The molecule has 0 saturated heterocycles. The Morgan fingerprint density at radius 2 is 1.67 bits per heavy atom. The zero-order valence-electron chi connectivity index (χ0n) is 7.03. The molecule has 0 spiro atoms. The van der Waals surface area contributed by atoms with Gasteiger partial charge in [0.05, 0.1) is 8.07 Å². The fourth-order valence-electron chi connectivity index (χ4n) is 0.803. The van der Waals surface area contributed by atoms with E-state index in [0.717, 1.165) is 6.23 Å². The second-order valence-corrected chi connectivity index (χ2v) is 8.27. The van der Waals surface area contributed by atoms with Crippen molar-refractivity contribution in [2.75, 3.05) is 13.3 Å². The third-order valence-corrected chi connectivity index (χ3v) is 6.60. The van der Waals surface area contributed by atoms with E-state index in [1.54, 1.807) is 7.11 Å².